The molecule has 1 N–H and O–H groups in total. The molecule has 0 heterocycles. The first kappa shape index (κ1) is 33.8. The van der Waals surface area contributed by atoms with Crippen molar-refractivity contribution in [1.29, 1.82) is 0 Å². The second-order valence-corrected chi connectivity index (χ2v) is 36.3. The summed E-state index contributed by atoms with van der Waals surface area (Å²) in [4.78, 5) is 0. The Bertz CT molecular complexity index is 562. The van der Waals surface area contributed by atoms with Gasteiger partial charge in [0.2, 0.25) is 0 Å². The summed E-state index contributed by atoms with van der Waals surface area (Å²) in [6, 6.07) is 0. The maximum atomic E-state index is 6.94. The fourth-order valence-electron chi connectivity index (χ4n) is 3.39. The average Bonchev–Trinajstić information content (AvgIpc) is 2.49. The van der Waals surface area contributed by atoms with Gasteiger partial charge in [-0.05, 0) is 105 Å². The van der Waals surface area contributed by atoms with Crippen molar-refractivity contribution in [2.45, 2.75) is 123 Å². The molecule has 0 radical (unpaired) electrons. The van der Waals surface area contributed by atoms with Crippen LogP contribution in [0.1, 0.15) is 0 Å². The van der Waals surface area contributed by atoms with Gasteiger partial charge in [0.25, 0.3) is 0 Å². The van der Waals surface area contributed by atoms with E-state index in [0.717, 1.165) is 0 Å². The predicted molar refractivity (Wildman–Crippen MR) is 156 cm³/mol. The smallest absolute Gasteiger partial charge is 0.184 e. The van der Waals surface area contributed by atoms with Crippen molar-refractivity contribution < 1.29 is 22.1 Å². The van der Waals surface area contributed by atoms with Gasteiger partial charge in [-0.1, -0.05) is 0 Å². The maximum Gasteiger partial charge on any atom is 0.184 e. The Morgan fingerprint density at radius 3 is 1.12 bits per heavy atom. The molecule has 0 rings (SSSR count). The highest BCUT2D eigenvalue weighted by Crippen LogP contribution is 2.28. The van der Waals surface area contributed by atoms with Crippen LogP contribution in [0.5, 0.6) is 0 Å². The molecule has 0 aliphatic rings. The fourth-order valence-corrected chi connectivity index (χ4v) is 8.49. The molecule has 33 heavy (non-hydrogen) atoms. The van der Waals surface area contributed by atoms with Crippen molar-refractivity contribution >= 4 is 41.6 Å². The first-order valence-electron chi connectivity index (χ1n) is 12.4. The number of hydrogen-bond acceptors (Lipinski definition) is 6. The highest BCUT2D eigenvalue weighted by molar-refractivity contribution is 6.71. The Labute approximate surface area is 211 Å². The Balaban J connectivity index is 6.59. The van der Waals surface area contributed by atoms with Gasteiger partial charge >= 0.3 is 0 Å². The molecule has 0 amide bonds. The van der Waals surface area contributed by atoms with E-state index in [1.807, 2.05) is 7.05 Å². The summed E-state index contributed by atoms with van der Waals surface area (Å²) in [5.74, 6) is 0. The molecule has 6 nitrogen and oxygen atoms in total. The molecular weight excluding hydrogens is 499 g/mol. The lowest BCUT2D eigenvalue weighted by Gasteiger charge is -2.45. The first-order chi connectivity index (χ1) is 14.4. The minimum absolute atomic E-state index is 0.116. The molecule has 0 aromatic rings. The van der Waals surface area contributed by atoms with E-state index in [4.69, 9.17) is 22.1 Å². The zero-order valence-electron chi connectivity index (χ0n) is 24.8. The highest BCUT2D eigenvalue weighted by atomic mass is 28.4. The summed E-state index contributed by atoms with van der Waals surface area (Å²) >= 11 is 0. The van der Waals surface area contributed by atoms with Crippen molar-refractivity contribution in [2.75, 3.05) is 20.2 Å². The van der Waals surface area contributed by atoms with Crippen LogP contribution >= 0.6 is 0 Å². The topological polar surface area (TPSA) is 58.2 Å². The molecule has 0 saturated heterocycles. The Morgan fingerprint density at radius 1 is 0.485 bits per heavy atom. The fraction of sp³-hybridized carbons (Fsp3) is 1.00. The zero-order valence-corrected chi connectivity index (χ0v) is 29.8. The third kappa shape index (κ3) is 17.8. The summed E-state index contributed by atoms with van der Waals surface area (Å²) in [5, 5.41) is 3.35. The lowest BCUT2D eigenvalue weighted by Crippen LogP contribution is -2.61. The van der Waals surface area contributed by atoms with Crippen molar-refractivity contribution in [2.24, 2.45) is 0 Å². The lowest BCUT2D eigenvalue weighted by molar-refractivity contribution is -0.0865. The summed E-state index contributed by atoms with van der Waals surface area (Å²) in [6.45, 7) is 34.8. The van der Waals surface area contributed by atoms with Crippen molar-refractivity contribution in [3.05, 3.63) is 0 Å². The van der Waals surface area contributed by atoms with E-state index in [9.17, 15) is 0 Å². The Kier molecular flexibility index (Phi) is 13.2. The van der Waals surface area contributed by atoms with E-state index >= 15 is 0 Å². The van der Waals surface area contributed by atoms with Crippen LogP contribution in [0.3, 0.4) is 0 Å². The van der Waals surface area contributed by atoms with Gasteiger partial charge in [0.1, 0.15) is 0 Å². The van der Waals surface area contributed by atoms with Crippen molar-refractivity contribution in [3.8, 4) is 0 Å². The molecule has 0 aromatic heterocycles. The molecule has 0 fully saturated rings. The van der Waals surface area contributed by atoms with Gasteiger partial charge in [-0.2, -0.15) is 0 Å². The zero-order chi connectivity index (χ0) is 26.5. The third-order valence-electron chi connectivity index (χ3n) is 4.13. The summed E-state index contributed by atoms with van der Waals surface area (Å²) in [5.41, 5.74) is 0. The van der Waals surface area contributed by atoms with E-state index < -0.39 is 41.6 Å². The predicted octanol–water partition coefficient (Wildman–Crippen LogP) is 5.94. The van der Waals surface area contributed by atoms with Crippen LogP contribution in [0.2, 0.25) is 98.2 Å². The lowest BCUT2D eigenvalue weighted by atomic mass is 10.0. The molecule has 11 heteroatoms. The Morgan fingerprint density at radius 2 is 0.818 bits per heavy atom. The van der Waals surface area contributed by atoms with Crippen molar-refractivity contribution in [1.82, 2.24) is 5.32 Å². The molecule has 0 aromatic carbocycles. The molecule has 0 aliphatic heterocycles. The molecule has 4 atom stereocenters. The normalized spacial score (nSPS) is 18.2. The van der Waals surface area contributed by atoms with Crippen LogP contribution in [0, 0.1) is 0 Å². The minimum Gasteiger partial charge on any atom is -0.415 e. The van der Waals surface area contributed by atoms with E-state index in [1.165, 1.54) is 0 Å². The monoisotopic (exact) mass is 555 g/mol. The van der Waals surface area contributed by atoms with Crippen LogP contribution in [0.15, 0.2) is 0 Å². The first-order valence-corrected chi connectivity index (χ1v) is 29.5. The van der Waals surface area contributed by atoms with Crippen LogP contribution in [0.4, 0.5) is 0 Å². The molecule has 0 saturated carbocycles. The number of rotatable bonds is 16. The molecule has 200 valence electrons. The van der Waals surface area contributed by atoms with E-state index in [0.29, 0.717) is 13.2 Å². The number of hydrogen-bond donors (Lipinski definition) is 1. The van der Waals surface area contributed by atoms with Gasteiger partial charge < -0.3 is 27.4 Å². The summed E-state index contributed by atoms with van der Waals surface area (Å²) < 4.78 is 33.8. The van der Waals surface area contributed by atoms with Crippen LogP contribution in [-0.2, 0) is 22.1 Å². The van der Waals surface area contributed by atoms with Crippen LogP contribution in [-0.4, -0.2) is 86.2 Å². The summed E-state index contributed by atoms with van der Waals surface area (Å²) in [6.07, 6.45) is -0.786. The molecular formula is C22H57NO5Si5. The SMILES string of the molecule is CNCC(O[Si](C)(C)C)C(O[Si](C)(C)C)C(O[Si](C)(C)C)C(CO[Si](C)(C)C)O[Si](C)(C)C. The Hall–Kier alpha value is 0.844. The average molecular weight is 556 g/mol. The van der Waals surface area contributed by atoms with E-state index in [-0.39, 0.29) is 24.4 Å². The largest absolute Gasteiger partial charge is 0.415 e. The minimum atomic E-state index is -1.94. The van der Waals surface area contributed by atoms with Crippen molar-refractivity contribution in [3.63, 3.8) is 0 Å². The van der Waals surface area contributed by atoms with Gasteiger partial charge in [0.05, 0.1) is 31.0 Å². The second-order valence-electron chi connectivity index (χ2n) is 13.9. The van der Waals surface area contributed by atoms with Gasteiger partial charge in [-0.15, -0.1) is 0 Å². The molecule has 0 bridgehead atoms. The molecule has 4 unspecified atom stereocenters. The quantitative estimate of drug-likeness (QED) is 0.238. The van der Waals surface area contributed by atoms with Crippen LogP contribution < -0.4 is 5.32 Å². The number of nitrogens with one attached hydrogen (secondary N) is 1. The second kappa shape index (κ2) is 12.9. The van der Waals surface area contributed by atoms with Gasteiger partial charge in [-0.25, -0.2) is 0 Å². The van der Waals surface area contributed by atoms with Gasteiger partial charge in [0, 0.05) is 6.54 Å². The molecule has 0 spiro atoms. The standard InChI is InChI=1S/C22H57NO5Si5/c1-23-17-19(25-30(5,6)7)21(27-32(11,12)13)22(28-33(14,15)16)20(26-31(8,9)10)18-24-29(2,3)4/h19-23H,17-18H2,1-16H3. The molecule has 0 aliphatic carbocycles. The summed E-state index contributed by atoms with van der Waals surface area (Å²) in [7, 11) is -7.34. The highest BCUT2D eigenvalue weighted by Gasteiger charge is 2.44. The van der Waals surface area contributed by atoms with Gasteiger partial charge in [-0.3, -0.25) is 0 Å². The van der Waals surface area contributed by atoms with E-state index in [2.05, 4.69) is 104 Å². The maximum absolute atomic E-state index is 6.94. The third-order valence-corrected chi connectivity index (χ3v) is 9.14. The van der Waals surface area contributed by atoms with Crippen LogP contribution in [0.25, 0.3) is 0 Å². The van der Waals surface area contributed by atoms with E-state index in [1.54, 1.807) is 0 Å². The number of likely N-dealkylation sites (N-methyl/N-ethyl adjacent to an activating group) is 1. The van der Waals surface area contributed by atoms with Gasteiger partial charge in [0.15, 0.2) is 41.6 Å².